The van der Waals surface area contributed by atoms with Crippen molar-refractivity contribution in [3.63, 3.8) is 0 Å². The van der Waals surface area contributed by atoms with Crippen molar-refractivity contribution in [3.8, 4) is 5.75 Å². The van der Waals surface area contributed by atoms with E-state index in [-0.39, 0.29) is 43.9 Å². The van der Waals surface area contributed by atoms with Crippen LogP contribution in [0.4, 0.5) is 5.69 Å². The van der Waals surface area contributed by atoms with Crippen LogP contribution in [0, 0.1) is 5.53 Å². The zero-order valence-electron chi connectivity index (χ0n) is 23.2. The second-order valence-corrected chi connectivity index (χ2v) is 11.6. The number of benzene rings is 1. The highest BCUT2D eigenvalue weighted by molar-refractivity contribution is 7.52. The topological polar surface area (TPSA) is 213 Å². The third-order valence-electron chi connectivity index (χ3n) is 6.30. The molecule has 0 aliphatic carbocycles. The molecule has 226 valence electrons. The van der Waals surface area contributed by atoms with Gasteiger partial charge < -0.3 is 24.8 Å². The van der Waals surface area contributed by atoms with E-state index in [2.05, 4.69) is 20.2 Å². The van der Waals surface area contributed by atoms with Crippen molar-refractivity contribution >= 4 is 36.4 Å². The third kappa shape index (κ3) is 7.95. The van der Waals surface area contributed by atoms with Crippen molar-refractivity contribution in [1.29, 1.82) is 5.53 Å². The number of nitrogens with two attached hydrogens (primary N) is 1. The Balaban J connectivity index is 1.51. The smallest absolute Gasteiger partial charge is 0.459 e. The molecule has 4 rings (SSSR count). The summed E-state index contributed by atoms with van der Waals surface area (Å²) in [6, 6.07) is 8.55. The largest absolute Gasteiger partial charge is 0.462 e. The number of aliphatic hydroxyl groups excluding tert-OH is 1. The predicted molar refractivity (Wildman–Crippen MR) is 150 cm³/mol. The molecule has 42 heavy (non-hydrogen) atoms. The first-order valence-corrected chi connectivity index (χ1v) is 14.9. The van der Waals surface area contributed by atoms with Crippen LogP contribution in [0.3, 0.4) is 0 Å². The van der Waals surface area contributed by atoms with Crippen molar-refractivity contribution in [2.75, 3.05) is 18.9 Å². The quantitative estimate of drug-likeness (QED) is 0.112. The lowest BCUT2D eigenvalue weighted by Crippen LogP contribution is -2.40. The van der Waals surface area contributed by atoms with Gasteiger partial charge in [-0.15, -0.1) is 0 Å². The van der Waals surface area contributed by atoms with Gasteiger partial charge in [-0.25, -0.2) is 20.1 Å². The van der Waals surface area contributed by atoms with Crippen molar-refractivity contribution in [2.24, 2.45) is 5.11 Å². The zero-order chi connectivity index (χ0) is 30.3. The van der Waals surface area contributed by atoms with E-state index in [9.17, 15) is 19.3 Å². The number of Topliss-reactive ketones (excluding diaryl/α,β-unsaturated/α-hetero) is 1. The van der Waals surface area contributed by atoms with Gasteiger partial charge in [0.25, 0.3) is 0 Å². The molecule has 3 aromatic rings. The lowest BCUT2D eigenvalue weighted by molar-refractivity contribution is -0.149. The molecule has 5 atom stereocenters. The molecule has 2 unspecified atom stereocenters. The molecule has 3 heterocycles. The average molecular weight is 604 g/mol. The lowest BCUT2D eigenvalue weighted by Gasteiger charge is -2.26. The lowest BCUT2D eigenvalue weighted by atomic mass is 10.1. The molecule has 1 aliphatic rings. The minimum Gasteiger partial charge on any atom is -0.462 e. The van der Waals surface area contributed by atoms with Crippen LogP contribution in [0.5, 0.6) is 5.75 Å². The van der Waals surface area contributed by atoms with Crippen LogP contribution in [0.1, 0.15) is 39.3 Å². The van der Waals surface area contributed by atoms with E-state index in [1.54, 1.807) is 61.0 Å². The van der Waals surface area contributed by atoms with E-state index in [4.69, 9.17) is 29.8 Å². The number of hydrogen-bond donors (Lipinski definition) is 4. The SMILES string of the molecule is CC(C)OC(=O)[C@H](CCC(=O)CN=N)NP(=O)(OC[C@H]1O[C@@H](n2cnc3c(N)ccnc32)CC1O)Oc1ccccc1. The molecule has 1 saturated heterocycles. The van der Waals surface area contributed by atoms with E-state index in [0.717, 1.165) is 0 Å². The number of rotatable bonds is 15. The van der Waals surface area contributed by atoms with Gasteiger partial charge in [0.1, 0.15) is 36.2 Å². The molecule has 1 aromatic carbocycles. The van der Waals surface area contributed by atoms with Gasteiger partial charge in [-0.2, -0.15) is 10.2 Å². The van der Waals surface area contributed by atoms with Crippen LogP contribution < -0.4 is 15.3 Å². The number of ether oxygens (including phenoxy) is 2. The number of carbonyl (C=O) groups excluding carboxylic acids is 2. The standard InChI is InChI=1S/C26H34N7O8P/c1-16(2)39-26(36)20(9-8-17(34)13-31-28)32-42(37,41-18-6-4-3-5-7-18)38-14-22-21(35)12-23(40-22)33-15-30-24-19(27)10-11-29-25(24)33/h3-7,10-11,15-16,20-23,28,35H,8-9,12-14H2,1-2H3,(H2,27,29)(H,32,37)/t20-,21?,22+,23+,42?/m0/s1. The molecule has 0 bridgehead atoms. The maximum absolute atomic E-state index is 14.1. The van der Waals surface area contributed by atoms with Crippen molar-refractivity contribution in [3.05, 3.63) is 48.9 Å². The molecule has 0 saturated carbocycles. The highest BCUT2D eigenvalue weighted by Gasteiger charge is 2.40. The van der Waals surface area contributed by atoms with Crippen molar-refractivity contribution in [2.45, 2.75) is 63.7 Å². The van der Waals surface area contributed by atoms with Gasteiger partial charge in [0.2, 0.25) is 0 Å². The Bertz CT molecular complexity index is 1440. The average Bonchev–Trinajstić information content (AvgIpc) is 3.54. The monoisotopic (exact) mass is 603 g/mol. The number of aromatic nitrogens is 3. The highest BCUT2D eigenvalue weighted by atomic mass is 31.2. The molecule has 15 nitrogen and oxygen atoms in total. The van der Waals surface area contributed by atoms with E-state index >= 15 is 0 Å². The number of carbonyl (C=O) groups is 2. The maximum Gasteiger partial charge on any atom is 0.459 e. The highest BCUT2D eigenvalue weighted by Crippen LogP contribution is 2.46. The van der Waals surface area contributed by atoms with Crippen LogP contribution in [0.25, 0.3) is 11.2 Å². The summed E-state index contributed by atoms with van der Waals surface area (Å²) < 4.78 is 38.5. The summed E-state index contributed by atoms with van der Waals surface area (Å²) in [5.41, 5.74) is 14.3. The Hall–Kier alpha value is -3.75. The van der Waals surface area contributed by atoms with Crippen LogP contribution in [0.2, 0.25) is 0 Å². The summed E-state index contributed by atoms with van der Waals surface area (Å²) in [6.45, 7) is 2.59. The van der Waals surface area contributed by atoms with E-state index in [1.165, 1.54) is 6.33 Å². The van der Waals surface area contributed by atoms with Gasteiger partial charge >= 0.3 is 13.7 Å². The summed E-state index contributed by atoms with van der Waals surface area (Å²) >= 11 is 0. The van der Waals surface area contributed by atoms with Gasteiger partial charge in [0, 0.05) is 19.0 Å². The Morgan fingerprint density at radius 3 is 2.76 bits per heavy atom. The van der Waals surface area contributed by atoms with Crippen LogP contribution in [0.15, 0.2) is 54.0 Å². The van der Waals surface area contributed by atoms with Gasteiger partial charge in [-0.3, -0.25) is 18.7 Å². The van der Waals surface area contributed by atoms with Crippen LogP contribution in [-0.4, -0.2) is 68.9 Å². The second-order valence-electron chi connectivity index (χ2n) is 9.91. The van der Waals surface area contributed by atoms with Gasteiger partial charge in [-0.1, -0.05) is 18.2 Å². The molecular formula is C26H34N7O8P. The fourth-order valence-electron chi connectivity index (χ4n) is 4.29. The molecule has 0 radical (unpaired) electrons. The molecular weight excluding hydrogens is 569 g/mol. The molecule has 2 aromatic heterocycles. The van der Waals surface area contributed by atoms with Gasteiger partial charge in [0.15, 0.2) is 11.4 Å². The number of nitrogen functional groups attached to an aromatic ring is 1. The Morgan fingerprint density at radius 2 is 2.05 bits per heavy atom. The summed E-state index contributed by atoms with van der Waals surface area (Å²) in [4.78, 5) is 33.5. The van der Waals surface area contributed by atoms with Crippen LogP contribution >= 0.6 is 7.75 Å². The number of esters is 1. The predicted octanol–water partition coefficient (Wildman–Crippen LogP) is 3.16. The fraction of sp³-hybridized carbons (Fsp3) is 0.462. The Morgan fingerprint density at radius 1 is 1.29 bits per heavy atom. The normalized spacial score (nSPS) is 20.7. The first kappa shape index (κ1) is 31.2. The molecule has 1 fully saturated rings. The number of anilines is 1. The Labute approximate surface area is 241 Å². The number of hydrogen-bond acceptors (Lipinski definition) is 13. The number of aliphatic hydroxyl groups is 1. The number of fused-ring (bicyclic) bond motifs is 1. The van der Waals surface area contributed by atoms with Gasteiger partial charge in [-0.05, 0) is 38.5 Å². The summed E-state index contributed by atoms with van der Waals surface area (Å²) in [5.74, 6) is -0.963. The van der Waals surface area contributed by atoms with Crippen LogP contribution in [-0.2, 0) is 28.2 Å². The molecule has 1 aliphatic heterocycles. The maximum atomic E-state index is 14.1. The van der Waals surface area contributed by atoms with E-state index < -0.39 is 44.3 Å². The van der Waals surface area contributed by atoms with E-state index in [0.29, 0.717) is 16.9 Å². The zero-order valence-corrected chi connectivity index (χ0v) is 24.1. The first-order chi connectivity index (χ1) is 20.1. The molecule has 5 N–H and O–H groups in total. The van der Waals surface area contributed by atoms with Crippen molar-refractivity contribution in [1.82, 2.24) is 19.6 Å². The number of para-hydroxylation sites is 1. The van der Waals surface area contributed by atoms with Gasteiger partial charge in [0.05, 0.1) is 30.8 Å². The van der Waals surface area contributed by atoms with E-state index in [1.807, 2.05) is 0 Å². The van der Waals surface area contributed by atoms with Crippen molar-refractivity contribution < 1.29 is 37.8 Å². The molecule has 0 amide bonds. The first-order valence-electron chi connectivity index (χ1n) is 13.3. The minimum atomic E-state index is -4.34. The molecule has 16 heteroatoms. The second kappa shape index (κ2) is 13.9. The number of nitrogens with one attached hydrogen (secondary N) is 2. The number of nitrogens with zero attached hydrogens (tertiary/aromatic N) is 4. The third-order valence-corrected chi connectivity index (χ3v) is 7.87. The number of pyridine rings is 1. The summed E-state index contributed by atoms with van der Waals surface area (Å²) in [5, 5.41) is 16.5. The Kier molecular flexibility index (Phi) is 10.4. The molecule has 0 spiro atoms. The number of ketones is 1. The number of imidazole rings is 1. The summed E-state index contributed by atoms with van der Waals surface area (Å²) in [7, 11) is -4.34. The minimum absolute atomic E-state index is 0.111. The summed E-state index contributed by atoms with van der Waals surface area (Å²) in [6.07, 6.45) is -0.102. The fourth-order valence-corrected chi connectivity index (χ4v) is 5.83.